The van der Waals surface area contributed by atoms with Gasteiger partial charge in [-0.25, -0.2) is 0 Å². The van der Waals surface area contributed by atoms with Crippen LogP contribution in [0, 0.1) is 0 Å². The van der Waals surface area contributed by atoms with E-state index in [-0.39, 0.29) is 0 Å². The zero-order chi connectivity index (χ0) is 9.97. The van der Waals surface area contributed by atoms with E-state index in [0.29, 0.717) is 0 Å². The second-order valence-corrected chi connectivity index (χ2v) is 3.18. The van der Waals surface area contributed by atoms with Crippen LogP contribution >= 0.6 is 0 Å². The first kappa shape index (κ1) is 9.09. The van der Waals surface area contributed by atoms with E-state index in [9.17, 15) is 5.11 Å². The highest BCUT2D eigenvalue weighted by atomic mass is 16.3. The average Bonchev–Trinajstić information content (AvgIpc) is 2.87. The van der Waals surface area contributed by atoms with Crippen LogP contribution in [0.3, 0.4) is 0 Å². The molecule has 1 atom stereocenters. The molecule has 2 aromatic heterocycles. The minimum Gasteiger partial charge on any atom is -0.469 e. The predicted octanol–water partition coefficient (Wildman–Crippen LogP) is 2.25. The molecular formula is C11H13NO2. The molecule has 0 radical (unpaired) electrons. The minimum absolute atomic E-state index is 0.612. The number of rotatable bonds is 3. The van der Waals surface area contributed by atoms with Crippen molar-refractivity contribution < 1.29 is 9.52 Å². The molecule has 2 rings (SSSR count). The maximum atomic E-state index is 9.99. The number of nitrogens with one attached hydrogen (secondary N) is 1. The van der Waals surface area contributed by atoms with Gasteiger partial charge in [-0.2, -0.15) is 0 Å². The molecule has 0 aromatic carbocycles. The fraction of sp³-hybridized carbons (Fsp3) is 0.273. The van der Waals surface area contributed by atoms with Crippen molar-refractivity contribution in [3.05, 3.63) is 47.7 Å². The molecule has 3 heteroatoms. The van der Waals surface area contributed by atoms with E-state index in [1.54, 1.807) is 12.5 Å². The number of aromatic nitrogens is 1. The van der Waals surface area contributed by atoms with E-state index in [2.05, 4.69) is 4.98 Å². The van der Waals surface area contributed by atoms with Crippen LogP contribution in [-0.2, 0) is 6.42 Å². The summed E-state index contributed by atoms with van der Waals surface area (Å²) in [6.45, 7) is 2.00. The minimum atomic E-state index is -0.612. The van der Waals surface area contributed by atoms with Gasteiger partial charge in [-0.1, -0.05) is 6.92 Å². The summed E-state index contributed by atoms with van der Waals surface area (Å²) < 4.78 is 5.26. The summed E-state index contributed by atoms with van der Waals surface area (Å²) in [5, 5.41) is 9.99. The lowest BCUT2D eigenvalue weighted by Crippen LogP contribution is -2.01. The normalized spacial score (nSPS) is 13.0. The standard InChI is InChI=1S/C11H13NO2/c1-2-10-8(5-7-14-10)11(13)9-4-3-6-12-9/h3-7,11-13H,2H2,1H3. The van der Waals surface area contributed by atoms with Gasteiger partial charge in [-0.3, -0.25) is 0 Å². The van der Waals surface area contributed by atoms with Crippen molar-refractivity contribution in [2.75, 3.05) is 0 Å². The molecule has 14 heavy (non-hydrogen) atoms. The van der Waals surface area contributed by atoms with Gasteiger partial charge in [0.1, 0.15) is 11.9 Å². The van der Waals surface area contributed by atoms with Gasteiger partial charge in [0.05, 0.1) is 6.26 Å². The quantitative estimate of drug-likeness (QED) is 0.781. The van der Waals surface area contributed by atoms with Crippen LogP contribution in [0.25, 0.3) is 0 Å². The van der Waals surface area contributed by atoms with Crippen LogP contribution < -0.4 is 0 Å². The molecule has 0 saturated heterocycles. The van der Waals surface area contributed by atoms with Crippen LogP contribution in [-0.4, -0.2) is 10.1 Å². The third-order valence-electron chi connectivity index (χ3n) is 2.31. The molecule has 0 spiro atoms. The molecule has 3 nitrogen and oxygen atoms in total. The van der Waals surface area contributed by atoms with Crippen molar-refractivity contribution in [2.24, 2.45) is 0 Å². The summed E-state index contributed by atoms with van der Waals surface area (Å²) in [6.07, 6.45) is 3.59. The topological polar surface area (TPSA) is 49.2 Å². The highest BCUT2D eigenvalue weighted by Gasteiger charge is 2.16. The van der Waals surface area contributed by atoms with Gasteiger partial charge in [0.15, 0.2) is 0 Å². The molecule has 74 valence electrons. The lowest BCUT2D eigenvalue weighted by Gasteiger charge is -2.07. The zero-order valence-electron chi connectivity index (χ0n) is 8.03. The summed E-state index contributed by atoms with van der Waals surface area (Å²) in [5.74, 6) is 0.840. The molecule has 1 unspecified atom stereocenters. The Bertz CT molecular complexity index is 389. The first-order chi connectivity index (χ1) is 6.83. The van der Waals surface area contributed by atoms with Gasteiger partial charge in [0.2, 0.25) is 0 Å². The summed E-state index contributed by atoms with van der Waals surface area (Å²) in [4.78, 5) is 2.98. The number of aliphatic hydroxyl groups excluding tert-OH is 1. The third kappa shape index (κ3) is 1.46. The lowest BCUT2D eigenvalue weighted by atomic mass is 10.1. The molecule has 2 aromatic rings. The molecule has 0 aliphatic heterocycles. The number of furan rings is 1. The second kappa shape index (κ2) is 3.72. The lowest BCUT2D eigenvalue weighted by molar-refractivity contribution is 0.213. The summed E-state index contributed by atoms with van der Waals surface area (Å²) in [7, 11) is 0. The number of aliphatic hydroxyl groups is 1. The van der Waals surface area contributed by atoms with Gasteiger partial charge in [0, 0.05) is 23.9 Å². The van der Waals surface area contributed by atoms with E-state index in [0.717, 1.165) is 23.4 Å². The van der Waals surface area contributed by atoms with Gasteiger partial charge in [-0.05, 0) is 18.2 Å². The Hall–Kier alpha value is -1.48. The molecule has 0 aliphatic carbocycles. The van der Waals surface area contributed by atoms with E-state index in [1.165, 1.54) is 0 Å². The molecule has 2 N–H and O–H groups in total. The van der Waals surface area contributed by atoms with E-state index in [4.69, 9.17) is 4.42 Å². The van der Waals surface area contributed by atoms with Crippen molar-refractivity contribution in [1.29, 1.82) is 0 Å². The Morgan fingerprint density at radius 3 is 3.00 bits per heavy atom. The van der Waals surface area contributed by atoms with Gasteiger partial charge in [-0.15, -0.1) is 0 Å². The monoisotopic (exact) mass is 191 g/mol. The van der Waals surface area contributed by atoms with Crippen LogP contribution in [0.4, 0.5) is 0 Å². The number of hydrogen-bond acceptors (Lipinski definition) is 2. The molecule has 0 aliphatic rings. The highest BCUT2D eigenvalue weighted by Crippen LogP contribution is 2.24. The molecule has 0 saturated carbocycles. The Kier molecular flexibility index (Phi) is 2.41. The molecule has 0 bridgehead atoms. The number of H-pyrrole nitrogens is 1. The fourth-order valence-corrected chi connectivity index (χ4v) is 1.56. The number of aromatic amines is 1. The summed E-state index contributed by atoms with van der Waals surface area (Å²) in [5.41, 5.74) is 1.64. The van der Waals surface area contributed by atoms with Crippen LogP contribution in [0.2, 0.25) is 0 Å². The van der Waals surface area contributed by atoms with Crippen molar-refractivity contribution in [3.63, 3.8) is 0 Å². The summed E-state index contributed by atoms with van der Waals surface area (Å²) >= 11 is 0. The van der Waals surface area contributed by atoms with Crippen molar-refractivity contribution >= 4 is 0 Å². The Balaban J connectivity index is 2.31. The Morgan fingerprint density at radius 1 is 1.50 bits per heavy atom. The van der Waals surface area contributed by atoms with Crippen molar-refractivity contribution in [2.45, 2.75) is 19.4 Å². The van der Waals surface area contributed by atoms with Gasteiger partial charge in [0.25, 0.3) is 0 Å². The first-order valence-corrected chi connectivity index (χ1v) is 4.70. The van der Waals surface area contributed by atoms with Crippen LogP contribution in [0.15, 0.2) is 35.1 Å². The largest absolute Gasteiger partial charge is 0.469 e. The summed E-state index contributed by atoms with van der Waals surface area (Å²) in [6, 6.07) is 5.53. The van der Waals surface area contributed by atoms with E-state index >= 15 is 0 Å². The Labute approximate surface area is 82.4 Å². The van der Waals surface area contributed by atoms with Crippen LogP contribution in [0.1, 0.15) is 30.0 Å². The number of aryl methyl sites for hydroxylation is 1. The van der Waals surface area contributed by atoms with Crippen molar-refractivity contribution in [3.8, 4) is 0 Å². The van der Waals surface area contributed by atoms with Crippen LogP contribution in [0.5, 0.6) is 0 Å². The smallest absolute Gasteiger partial charge is 0.122 e. The van der Waals surface area contributed by atoms with E-state index in [1.807, 2.05) is 25.1 Å². The highest BCUT2D eigenvalue weighted by molar-refractivity contribution is 5.27. The van der Waals surface area contributed by atoms with Gasteiger partial charge < -0.3 is 14.5 Å². The molecule has 0 amide bonds. The zero-order valence-corrected chi connectivity index (χ0v) is 8.03. The molecule has 2 heterocycles. The molecule has 0 fully saturated rings. The number of hydrogen-bond donors (Lipinski definition) is 2. The average molecular weight is 191 g/mol. The third-order valence-corrected chi connectivity index (χ3v) is 2.31. The molecular weight excluding hydrogens is 178 g/mol. The van der Waals surface area contributed by atoms with Gasteiger partial charge >= 0.3 is 0 Å². The Morgan fingerprint density at radius 2 is 2.36 bits per heavy atom. The maximum absolute atomic E-state index is 9.99. The van der Waals surface area contributed by atoms with Crippen molar-refractivity contribution in [1.82, 2.24) is 4.98 Å². The first-order valence-electron chi connectivity index (χ1n) is 4.70. The SMILES string of the molecule is CCc1occc1C(O)c1ccc[nH]1. The second-order valence-electron chi connectivity index (χ2n) is 3.18. The predicted molar refractivity (Wildman–Crippen MR) is 52.9 cm³/mol. The maximum Gasteiger partial charge on any atom is 0.122 e. The van der Waals surface area contributed by atoms with E-state index < -0.39 is 6.10 Å². The fourth-order valence-electron chi connectivity index (χ4n) is 1.56.